The maximum absolute atomic E-state index is 4.00. The molecule has 0 amide bonds. The van der Waals surface area contributed by atoms with Crippen molar-refractivity contribution < 1.29 is 0 Å². The minimum absolute atomic E-state index is 0.368. The van der Waals surface area contributed by atoms with E-state index < -0.39 is 0 Å². The van der Waals surface area contributed by atoms with E-state index in [1.54, 1.807) is 0 Å². The summed E-state index contributed by atoms with van der Waals surface area (Å²) in [5.74, 6) is 0.368. The minimum atomic E-state index is 0.368. The van der Waals surface area contributed by atoms with Crippen LogP contribution in [0.5, 0.6) is 0 Å². The molecular weight excluding hydrogens is 212 g/mol. The van der Waals surface area contributed by atoms with Gasteiger partial charge in [-0.3, -0.25) is 0 Å². The Morgan fingerprint density at radius 1 is 1.42 bits per heavy atom. The van der Waals surface area contributed by atoms with Gasteiger partial charge in [-0.15, -0.1) is 0 Å². The van der Waals surface area contributed by atoms with E-state index in [1.807, 2.05) is 0 Å². The van der Waals surface area contributed by atoms with E-state index in [2.05, 4.69) is 54.9 Å². The Bertz CT molecular complexity index is 264. The summed E-state index contributed by atoms with van der Waals surface area (Å²) in [7, 11) is 0. The first-order chi connectivity index (χ1) is 5.63. The van der Waals surface area contributed by atoms with Gasteiger partial charge in [-0.1, -0.05) is 35.8 Å². The van der Waals surface area contributed by atoms with Crippen LogP contribution in [0.4, 0.5) is 0 Å². The Morgan fingerprint density at radius 2 is 2.08 bits per heavy atom. The fourth-order valence-corrected chi connectivity index (χ4v) is 1.72. The summed E-state index contributed by atoms with van der Waals surface area (Å²) in [6, 6.07) is 6.52. The molecule has 0 saturated heterocycles. The molecule has 1 radical (unpaired) electrons. The largest absolute Gasteiger partial charge is 0.0613 e. The number of halogens is 1. The topological polar surface area (TPSA) is 0 Å². The highest BCUT2D eigenvalue weighted by atomic mass is 79.9. The van der Waals surface area contributed by atoms with E-state index in [0.29, 0.717) is 5.92 Å². The van der Waals surface area contributed by atoms with Gasteiger partial charge in [-0.25, -0.2) is 0 Å². The number of rotatable bonds is 2. The molecule has 0 spiro atoms. The SMILES string of the molecule is [CH2]C(C)c1cc(Br)cc(CC)c1. The van der Waals surface area contributed by atoms with Gasteiger partial charge in [0.2, 0.25) is 0 Å². The van der Waals surface area contributed by atoms with Gasteiger partial charge in [0.15, 0.2) is 0 Å². The van der Waals surface area contributed by atoms with Crippen molar-refractivity contribution in [3.63, 3.8) is 0 Å². The molecule has 0 saturated carbocycles. The van der Waals surface area contributed by atoms with Crippen LogP contribution in [0.15, 0.2) is 22.7 Å². The summed E-state index contributed by atoms with van der Waals surface area (Å²) in [6.45, 7) is 8.28. The fourth-order valence-electron chi connectivity index (χ4n) is 1.16. The molecule has 0 aliphatic rings. The quantitative estimate of drug-likeness (QED) is 0.716. The summed E-state index contributed by atoms with van der Waals surface area (Å²) in [5, 5.41) is 0. The van der Waals surface area contributed by atoms with Crippen LogP contribution >= 0.6 is 15.9 Å². The molecule has 12 heavy (non-hydrogen) atoms. The Labute approximate surface area is 83.1 Å². The zero-order chi connectivity index (χ0) is 9.14. The summed E-state index contributed by atoms with van der Waals surface area (Å²) in [5.41, 5.74) is 2.68. The molecule has 1 unspecified atom stereocenters. The second-order valence-corrected chi connectivity index (χ2v) is 4.06. The molecule has 0 bridgehead atoms. The lowest BCUT2D eigenvalue weighted by Gasteiger charge is -2.07. The molecular formula is C11H14Br. The van der Waals surface area contributed by atoms with Crippen molar-refractivity contribution >= 4 is 15.9 Å². The van der Waals surface area contributed by atoms with Gasteiger partial charge in [-0.2, -0.15) is 0 Å². The van der Waals surface area contributed by atoms with E-state index in [-0.39, 0.29) is 0 Å². The average molecular weight is 226 g/mol. The third-order valence-electron chi connectivity index (χ3n) is 1.96. The highest BCUT2D eigenvalue weighted by molar-refractivity contribution is 9.10. The molecule has 0 nitrogen and oxygen atoms in total. The van der Waals surface area contributed by atoms with Gasteiger partial charge in [0.25, 0.3) is 0 Å². The predicted molar refractivity (Wildman–Crippen MR) is 57.3 cm³/mol. The minimum Gasteiger partial charge on any atom is -0.0613 e. The summed E-state index contributed by atoms with van der Waals surface area (Å²) in [6.07, 6.45) is 1.08. The predicted octanol–water partition coefficient (Wildman–Crippen LogP) is 3.95. The Kier molecular flexibility index (Phi) is 3.33. The van der Waals surface area contributed by atoms with E-state index in [9.17, 15) is 0 Å². The highest BCUT2D eigenvalue weighted by Gasteiger charge is 2.01. The standard InChI is InChI=1S/C11H14Br/c1-4-9-5-10(8(2)3)7-11(12)6-9/h5-8H,2,4H2,1,3H3. The number of hydrogen-bond donors (Lipinski definition) is 0. The van der Waals surface area contributed by atoms with Gasteiger partial charge in [0, 0.05) is 4.47 Å². The van der Waals surface area contributed by atoms with Gasteiger partial charge >= 0.3 is 0 Å². The second-order valence-electron chi connectivity index (χ2n) is 3.15. The molecule has 1 atom stereocenters. The van der Waals surface area contributed by atoms with Gasteiger partial charge in [0.1, 0.15) is 0 Å². The first-order valence-corrected chi connectivity index (χ1v) is 5.05. The summed E-state index contributed by atoms with van der Waals surface area (Å²) < 4.78 is 1.16. The van der Waals surface area contributed by atoms with Crippen LogP contribution in [0.1, 0.15) is 30.9 Å². The van der Waals surface area contributed by atoms with Crippen molar-refractivity contribution in [3.05, 3.63) is 40.7 Å². The monoisotopic (exact) mass is 225 g/mol. The molecule has 1 rings (SSSR count). The number of aryl methyl sites for hydroxylation is 1. The van der Waals surface area contributed by atoms with Crippen molar-refractivity contribution in [2.45, 2.75) is 26.2 Å². The van der Waals surface area contributed by atoms with Crippen LogP contribution in [-0.4, -0.2) is 0 Å². The lowest BCUT2D eigenvalue weighted by molar-refractivity contribution is 0.953. The molecule has 0 heterocycles. The normalized spacial score (nSPS) is 10.8. The lowest BCUT2D eigenvalue weighted by Crippen LogP contribution is -1.90. The number of hydrogen-bond acceptors (Lipinski definition) is 0. The van der Waals surface area contributed by atoms with Crippen LogP contribution in [0.2, 0.25) is 0 Å². The fraction of sp³-hybridized carbons (Fsp3) is 0.364. The van der Waals surface area contributed by atoms with E-state index >= 15 is 0 Å². The smallest absolute Gasteiger partial charge is 0.0180 e. The maximum atomic E-state index is 4.00. The molecule has 1 aromatic carbocycles. The first-order valence-electron chi connectivity index (χ1n) is 4.26. The lowest BCUT2D eigenvalue weighted by atomic mass is 10.0. The van der Waals surface area contributed by atoms with Crippen LogP contribution in [-0.2, 0) is 6.42 Å². The zero-order valence-electron chi connectivity index (χ0n) is 7.60. The molecule has 1 heteroatoms. The van der Waals surface area contributed by atoms with Crippen molar-refractivity contribution in [1.29, 1.82) is 0 Å². The maximum Gasteiger partial charge on any atom is 0.0180 e. The third-order valence-corrected chi connectivity index (χ3v) is 2.42. The average Bonchev–Trinajstić information content (AvgIpc) is 2.03. The molecule has 0 aliphatic heterocycles. The molecule has 0 N–H and O–H groups in total. The second kappa shape index (κ2) is 4.08. The third kappa shape index (κ3) is 2.34. The molecule has 0 fully saturated rings. The molecule has 0 aromatic heterocycles. The first kappa shape index (κ1) is 9.79. The van der Waals surface area contributed by atoms with Crippen LogP contribution in [0.25, 0.3) is 0 Å². The van der Waals surface area contributed by atoms with Crippen LogP contribution in [0.3, 0.4) is 0 Å². The van der Waals surface area contributed by atoms with Crippen molar-refractivity contribution in [3.8, 4) is 0 Å². The number of benzene rings is 1. The Morgan fingerprint density at radius 3 is 2.58 bits per heavy atom. The molecule has 1 aromatic rings. The van der Waals surface area contributed by atoms with E-state index in [0.717, 1.165) is 10.9 Å². The van der Waals surface area contributed by atoms with Gasteiger partial charge < -0.3 is 0 Å². The zero-order valence-corrected chi connectivity index (χ0v) is 9.19. The van der Waals surface area contributed by atoms with Crippen LogP contribution < -0.4 is 0 Å². The summed E-state index contributed by atoms with van der Waals surface area (Å²) in [4.78, 5) is 0. The molecule has 65 valence electrons. The van der Waals surface area contributed by atoms with E-state index in [1.165, 1.54) is 11.1 Å². The Balaban J connectivity index is 3.06. The van der Waals surface area contributed by atoms with Crippen molar-refractivity contribution in [1.82, 2.24) is 0 Å². The molecule has 0 aliphatic carbocycles. The van der Waals surface area contributed by atoms with Gasteiger partial charge in [0.05, 0.1) is 0 Å². The van der Waals surface area contributed by atoms with Crippen molar-refractivity contribution in [2.75, 3.05) is 0 Å². The van der Waals surface area contributed by atoms with E-state index in [4.69, 9.17) is 0 Å². The summed E-state index contributed by atoms with van der Waals surface area (Å²) >= 11 is 3.49. The van der Waals surface area contributed by atoms with Crippen molar-refractivity contribution in [2.24, 2.45) is 0 Å². The Hall–Kier alpha value is -0.300. The van der Waals surface area contributed by atoms with Crippen LogP contribution in [0, 0.1) is 6.92 Å². The van der Waals surface area contributed by atoms with Gasteiger partial charge in [-0.05, 0) is 42.5 Å². The highest BCUT2D eigenvalue weighted by Crippen LogP contribution is 2.21.